The minimum Gasteiger partial charge on any atom is -0.497 e. The van der Waals surface area contributed by atoms with Gasteiger partial charge in [-0.1, -0.05) is 36.4 Å². The molecule has 0 aliphatic heterocycles. The van der Waals surface area contributed by atoms with Crippen LogP contribution in [0.25, 0.3) is 5.69 Å². The SMILES string of the molecule is COc1ccc(C(c2cccc(NC(=O)c3cc(C(F)(F)F)nn3-c3cccc(CN)c3)c2)N(C)C2CC2)cc1. The topological polar surface area (TPSA) is 85.4 Å². The average molecular weight is 550 g/mol. The first-order chi connectivity index (χ1) is 19.2. The molecule has 1 atom stereocenters. The molecule has 5 rings (SSSR count). The number of halogens is 3. The fourth-order valence-corrected chi connectivity index (χ4v) is 4.82. The van der Waals surface area contributed by atoms with Crippen LogP contribution in [0, 0.1) is 0 Å². The van der Waals surface area contributed by atoms with Crippen LogP contribution < -0.4 is 15.8 Å². The third-order valence-corrected chi connectivity index (χ3v) is 7.05. The summed E-state index contributed by atoms with van der Waals surface area (Å²) < 4.78 is 47.1. The minimum atomic E-state index is -4.72. The Morgan fingerprint density at radius 3 is 2.45 bits per heavy atom. The number of hydrogen-bond acceptors (Lipinski definition) is 5. The van der Waals surface area contributed by atoms with E-state index in [1.165, 1.54) is 0 Å². The van der Waals surface area contributed by atoms with Crippen molar-refractivity contribution in [3.63, 3.8) is 0 Å². The summed E-state index contributed by atoms with van der Waals surface area (Å²) >= 11 is 0. The number of methoxy groups -OCH3 is 1. The van der Waals surface area contributed by atoms with Gasteiger partial charge in [0, 0.05) is 24.3 Å². The van der Waals surface area contributed by atoms with Gasteiger partial charge in [0.15, 0.2) is 5.69 Å². The Morgan fingerprint density at radius 2 is 1.80 bits per heavy atom. The number of carbonyl (C=O) groups excluding carboxylic acids is 1. The van der Waals surface area contributed by atoms with Crippen LogP contribution >= 0.6 is 0 Å². The van der Waals surface area contributed by atoms with Crippen LogP contribution in [0.5, 0.6) is 5.75 Å². The molecule has 1 aliphatic rings. The zero-order valence-corrected chi connectivity index (χ0v) is 22.2. The molecule has 0 spiro atoms. The summed E-state index contributed by atoms with van der Waals surface area (Å²) in [6, 6.07) is 22.9. The van der Waals surface area contributed by atoms with E-state index < -0.39 is 17.8 Å². The second-order valence-electron chi connectivity index (χ2n) is 9.85. The lowest BCUT2D eigenvalue weighted by atomic mass is 9.96. The van der Waals surface area contributed by atoms with E-state index in [1.54, 1.807) is 37.4 Å². The smallest absolute Gasteiger partial charge is 0.435 e. The van der Waals surface area contributed by atoms with Gasteiger partial charge in [-0.2, -0.15) is 18.3 Å². The molecule has 1 aliphatic carbocycles. The number of aromatic nitrogens is 2. The number of anilines is 1. The number of rotatable bonds is 9. The highest BCUT2D eigenvalue weighted by Crippen LogP contribution is 2.38. The van der Waals surface area contributed by atoms with Gasteiger partial charge in [0.2, 0.25) is 0 Å². The molecule has 1 heterocycles. The molecule has 4 aromatic rings. The Labute approximate surface area is 230 Å². The van der Waals surface area contributed by atoms with Crippen molar-refractivity contribution < 1.29 is 22.7 Å². The maximum atomic E-state index is 13.6. The molecule has 1 amide bonds. The second kappa shape index (κ2) is 11.1. The maximum Gasteiger partial charge on any atom is 0.435 e. The van der Waals surface area contributed by atoms with Gasteiger partial charge in [0.25, 0.3) is 5.91 Å². The highest BCUT2D eigenvalue weighted by molar-refractivity contribution is 6.03. The molecule has 3 N–H and O–H groups in total. The molecule has 208 valence electrons. The molecule has 3 aromatic carbocycles. The van der Waals surface area contributed by atoms with E-state index in [4.69, 9.17) is 10.5 Å². The number of hydrogen-bond donors (Lipinski definition) is 2. The van der Waals surface area contributed by atoms with Crippen molar-refractivity contribution >= 4 is 11.6 Å². The van der Waals surface area contributed by atoms with Gasteiger partial charge >= 0.3 is 6.18 Å². The van der Waals surface area contributed by atoms with Crippen molar-refractivity contribution in [2.24, 2.45) is 5.73 Å². The van der Waals surface area contributed by atoms with Crippen LogP contribution in [0.4, 0.5) is 18.9 Å². The summed E-state index contributed by atoms with van der Waals surface area (Å²) in [6.45, 7) is 0.195. The van der Waals surface area contributed by atoms with Crippen LogP contribution in [0.1, 0.15) is 51.8 Å². The summed E-state index contributed by atoms with van der Waals surface area (Å²) in [6.07, 6.45) is -2.50. The molecule has 7 nitrogen and oxygen atoms in total. The molecule has 10 heteroatoms. The Kier molecular flexibility index (Phi) is 7.64. The quantitative estimate of drug-likeness (QED) is 0.276. The first-order valence-electron chi connectivity index (χ1n) is 12.9. The fraction of sp³-hybridized carbons (Fsp3) is 0.267. The molecular formula is C30H30F3N5O2. The van der Waals surface area contributed by atoms with Crippen LogP contribution in [0.2, 0.25) is 0 Å². The van der Waals surface area contributed by atoms with E-state index in [0.29, 0.717) is 23.0 Å². The zero-order chi connectivity index (χ0) is 28.4. The van der Waals surface area contributed by atoms with E-state index in [0.717, 1.165) is 40.5 Å². The molecule has 1 fully saturated rings. The second-order valence-corrected chi connectivity index (χ2v) is 9.85. The number of alkyl halides is 3. The summed E-state index contributed by atoms with van der Waals surface area (Å²) in [5, 5.41) is 6.49. The van der Waals surface area contributed by atoms with Crippen molar-refractivity contribution in [3.8, 4) is 11.4 Å². The van der Waals surface area contributed by atoms with Gasteiger partial charge in [0.1, 0.15) is 11.4 Å². The number of amides is 1. The van der Waals surface area contributed by atoms with Crippen molar-refractivity contribution in [1.29, 1.82) is 0 Å². The molecule has 1 unspecified atom stereocenters. The van der Waals surface area contributed by atoms with Crippen LogP contribution in [0.3, 0.4) is 0 Å². The standard InChI is InChI=1S/C30H30F3N5O2/c1-37(23-11-12-23)28(20-9-13-25(40-2)14-10-20)21-6-4-7-22(16-21)35-29(39)26-17-27(30(31,32)33)36-38(26)24-8-3-5-19(15-24)18-34/h3-10,13-17,23,28H,11-12,18,34H2,1-2H3,(H,35,39). The minimum absolute atomic E-state index is 0.0865. The molecule has 1 saturated carbocycles. The summed E-state index contributed by atoms with van der Waals surface area (Å²) in [5.41, 5.74) is 7.78. The van der Waals surface area contributed by atoms with Gasteiger partial charge in [-0.3, -0.25) is 9.69 Å². The first-order valence-corrected chi connectivity index (χ1v) is 12.9. The average Bonchev–Trinajstić information content (AvgIpc) is 3.70. The van der Waals surface area contributed by atoms with E-state index in [1.807, 2.05) is 42.5 Å². The molecule has 0 radical (unpaired) electrons. The molecule has 40 heavy (non-hydrogen) atoms. The van der Waals surface area contributed by atoms with E-state index in [9.17, 15) is 18.0 Å². The number of benzene rings is 3. The highest BCUT2D eigenvalue weighted by atomic mass is 19.4. The Morgan fingerprint density at radius 1 is 1.07 bits per heavy atom. The van der Waals surface area contributed by atoms with Crippen molar-refractivity contribution in [3.05, 3.63) is 107 Å². The normalized spacial score (nSPS) is 14.3. The molecular weight excluding hydrogens is 519 g/mol. The number of nitrogens with zero attached hydrogens (tertiary/aromatic N) is 3. The number of nitrogens with two attached hydrogens (primary N) is 1. The largest absolute Gasteiger partial charge is 0.497 e. The van der Waals surface area contributed by atoms with Gasteiger partial charge in [-0.25, -0.2) is 4.68 Å². The van der Waals surface area contributed by atoms with Crippen LogP contribution in [0.15, 0.2) is 78.9 Å². The van der Waals surface area contributed by atoms with E-state index in [-0.39, 0.29) is 18.3 Å². The van der Waals surface area contributed by atoms with Crippen molar-refractivity contribution in [1.82, 2.24) is 14.7 Å². The van der Waals surface area contributed by atoms with E-state index >= 15 is 0 Å². The third-order valence-electron chi connectivity index (χ3n) is 7.05. The lowest BCUT2D eigenvalue weighted by molar-refractivity contribution is -0.141. The predicted molar refractivity (Wildman–Crippen MR) is 146 cm³/mol. The molecule has 0 saturated heterocycles. The third kappa shape index (κ3) is 5.88. The molecule has 1 aromatic heterocycles. The predicted octanol–water partition coefficient (Wildman–Crippen LogP) is 5.79. The number of nitrogens with one attached hydrogen (secondary N) is 1. The van der Waals surface area contributed by atoms with Crippen LogP contribution in [-0.4, -0.2) is 40.8 Å². The fourth-order valence-electron chi connectivity index (χ4n) is 4.82. The Hall–Kier alpha value is -4.15. The Balaban J connectivity index is 1.47. The maximum absolute atomic E-state index is 13.6. The highest BCUT2D eigenvalue weighted by Gasteiger charge is 2.36. The number of carbonyl (C=O) groups is 1. The summed E-state index contributed by atoms with van der Waals surface area (Å²) in [5.74, 6) is 0.0410. The van der Waals surface area contributed by atoms with Crippen LogP contribution in [-0.2, 0) is 12.7 Å². The number of ether oxygens (including phenoxy) is 1. The monoisotopic (exact) mass is 549 g/mol. The van der Waals surface area contributed by atoms with Crippen molar-refractivity contribution in [2.45, 2.75) is 37.6 Å². The van der Waals surface area contributed by atoms with Gasteiger partial charge < -0.3 is 15.8 Å². The van der Waals surface area contributed by atoms with Gasteiger partial charge in [-0.05, 0) is 73.0 Å². The first kappa shape index (κ1) is 27.4. The zero-order valence-electron chi connectivity index (χ0n) is 22.2. The lowest BCUT2D eigenvalue weighted by Crippen LogP contribution is -2.27. The van der Waals surface area contributed by atoms with Gasteiger partial charge in [0.05, 0.1) is 18.8 Å². The summed E-state index contributed by atoms with van der Waals surface area (Å²) in [4.78, 5) is 15.7. The van der Waals surface area contributed by atoms with Crippen molar-refractivity contribution in [2.75, 3.05) is 19.5 Å². The van der Waals surface area contributed by atoms with Gasteiger partial charge in [-0.15, -0.1) is 0 Å². The Bertz CT molecular complexity index is 1500. The lowest BCUT2D eigenvalue weighted by Gasteiger charge is -2.29. The molecule has 0 bridgehead atoms. The van der Waals surface area contributed by atoms with E-state index in [2.05, 4.69) is 22.4 Å². The summed E-state index contributed by atoms with van der Waals surface area (Å²) in [7, 11) is 3.69.